The van der Waals surface area contributed by atoms with E-state index in [1.807, 2.05) is 75.4 Å². The van der Waals surface area contributed by atoms with Gasteiger partial charge in [-0.05, 0) is 55.7 Å². The molecule has 0 aliphatic carbocycles. The van der Waals surface area contributed by atoms with Gasteiger partial charge in [-0.15, -0.1) is 0 Å². The number of nitrogens with zero attached hydrogens (tertiary/aromatic N) is 2. The van der Waals surface area contributed by atoms with E-state index in [4.69, 9.17) is 11.6 Å². The molecule has 0 radical (unpaired) electrons. The molecule has 0 aromatic heterocycles. The zero-order valence-corrected chi connectivity index (χ0v) is 24.4. The van der Waals surface area contributed by atoms with E-state index in [0.717, 1.165) is 27.4 Å². The Morgan fingerprint density at radius 1 is 0.949 bits per heavy atom. The number of halogens is 1. The standard InChI is InChI=1S/C30H36ClN3O4S/c1-5-23(3)32-30(36)28(19-24-11-7-6-8-12-24)34(20-25-13-9-10-22(2)18-25)29(35)21-33(4)39(37,38)27-16-14-26(31)15-17-27/h6-18,23,28H,5,19-21H2,1-4H3,(H,32,36)/t23-,28-/m1/s1. The van der Waals surface area contributed by atoms with E-state index < -0.39 is 28.5 Å². The quantitative estimate of drug-likeness (QED) is 0.339. The maximum Gasteiger partial charge on any atom is 0.243 e. The van der Waals surface area contributed by atoms with Gasteiger partial charge in [0.25, 0.3) is 0 Å². The molecule has 0 aliphatic heterocycles. The average Bonchev–Trinajstić information content (AvgIpc) is 2.91. The monoisotopic (exact) mass is 569 g/mol. The van der Waals surface area contributed by atoms with Crippen LogP contribution in [0.5, 0.6) is 0 Å². The highest BCUT2D eigenvalue weighted by Crippen LogP contribution is 2.20. The van der Waals surface area contributed by atoms with Crippen LogP contribution in [0.2, 0.25) is 5.02 Å². The highest BCUT2D eigenvalue weighted by atomic mass is 35.5. The normalized spacial score (nSPS) is 13.1. The van der Waals surface area contributed by atoms with Gasteiger partial charge in [0, 0.05) is 31.1 Å². The second-order valence-corrected chi connectivity index (χ2v) is 12.2. The number of carbonyl (C=O) groups is 2. The van der Waals surface area contributed by atoms with E-state index in [1.54, 1.807) is 0 Å². The lowest BCUT2D eigenvalue weighted by molar-refractivity contribution is -0.141. The average molecular weight is 570 g/mol. The summed E-state index contributed by atoms with van der Waals surface area (Å²) in [4.78, 5) is 29.0. The first-order chi connectivity index (χ1) is 18.5. The van der Waals surface area contributed by atoms with Crippen LogP contribution < -0.4 is 5.32 Å². The lowest BCUT2D eigenvalue weighted by Gasteiger charge is -2.33. The van der Waals surface area contributed by atoms with Crippen molar-refractivity contribution in [2.45, 2.75) is 57.1 Å². The molecule has 2 amide bonds. The first kappa shape index (κ1) is 30.3. The summed E-state index contributed by atoms with van der Waals surface area (Å²) in [6.45, 7) is 5.57. The van der Waals surface area contributed by atoms with Gasteiger partial charge in [-0.25, -0.2) is 8.42 Å². The van der Waals surface area contributed by atoms with Gasteiger partial charge in [-0.1, -0.05) is 78.7 Å². The van der Waals surface area contributed by atoms with Crippen molar-refractivity contribution in [1.29, 1.82) is 0 Å². The van der Waals surface area contributed by atoms with Crippen molar-refractivity contribution in [2.24, 2.45) is 0 Å². The summed E-state index contributed by atoms with van der Waals surface area (Å²) >= 11 is 5.93. The predicted octanol–water partition coefficient (Wildman–Crippen LogP) is 4.82. The van der Waals surface area contributed by atoms with E-state index in [-0.39, 0.29) is 29.8 Å². The van der Waals surface area contributed by atoms with Crippen molar-refractivity contribution in [3.05, 3.63) is 101 Å². The van der Waals surface area contributed by atoms with E-state index in [9.17, 15) is 18.0 Å². The fraction of sp³-hybridized carbons (Fsp3) is 0.333. The molecule has 9 heteroatoms. The lowest BCUT2D eigenvalue weighted by Crippen LogP contribution is -2.54. The van der Waals surface area contributed by atoms with Crippen LogP contribution in [0, 0.1) is 6.92 Å². The third kappa shape index (κ3) is 8.39. The first-order valence-electron chi connectivity index (χ1n) is 12.9. The molecule has 1 N–H and O–H groups in total. The Morgan fingerprint density at radius 3 is 2.21 bits per heavy atom. The minimum Gasteiger partial charge on any atom is -0.352 e. The van der Waals surface area contributed by atoms with Crippen LogP contribution in [0.4, 0.5) is 0 Å². The minimum absolute atomic E-state index is 0.0304. The Kier molecular flexibility index (Phi) is 10.7. The number of rotatable bonds is 12. The number of amides is 2. The van der Waals surface area contributed by atoms with Crippen LogP contribution in [-0.2, 0) is 32.6 Å². The molecule has 0 spiro atoms. The molecule has 3 rings (SSSR count). The molecule has 208 valence electrons. The van der Waals surface area contributed by atoms with E-state index >= 15 is 0 Å². The van der Waals surface area contributed by atoms with Crippen LogP contribution in [0.1, 0.15) is 37.0 Å². The minimum atomic E-state index is -3.97. The van der Waals surface area contributed by atoms with Crippen molar-refractivity contribution < 1.29 is 18.0 Å². The molecule has 7 nitrogen and oxygen atoms in total. The predicted molar refractivity (Wildman–Crippen MR) is 155 cm³/mol. The summed E-state index contributed by atoms with van der Waals surface area (Å²) in [5, 5.41) is 3.43. The van der Waals surface area contributed by atoms with Crippen LogP contribution in [0.25, 0.3) is 0 Å². The number of sulfonamides is 1. The third-order valence-corrected chi connectivity index (χ3v) is 8.66. The third-order valence-electron chi connectivity index (χ3n) is 6.59. The van der Waals surface area contributed by atoms with E-state index in [0.29, 0.717) is 5.02 Å². The molecule has 0 heterocycles. The second kappa shape index (κ2) is 13.7. The zero-order chi connectivity index (χ0) is 28.6. The van der Waals surface area contributed by atoms with Crippen molar-refractivity contribution in [3.8, 4) is 0 Å². The molecule has 0 fully saturated rings. The molecule has 0 unspecified atom stereocenters. The number of carbonyl (C=O) groups excluding carboxylic acids is 2. The maximum atomic E-state index is 13.9. The SMILES string of the molecule is CC[C@@H](C)NC(=O)[C@@H](Cc1ccccc1)N(Cc1cccc(C)c1)C(=O)CN(C)S(=O)(=O)c1ccc(Cl)cc1. The number of aryl methyl sites for hydroxylation is 1. The van der Waals surface area contributed by atoms with E-state index in [2.05, 4.69) is 5.32 Å². The summed E-state index contributed by atoms with van der Waals surface area (Å²) in [5.41, 5.74) is 2.76. The second-order valence-electron chi connectivity index (χ2n) is 9.75. The number of benzene rings is 3. The van der Waals surface area contributed by atoms with Gasteiger partial charge in [0.2, 0.25) is 21.8 Å². The molecule has 0 saturated carbocycles. The van der Waals surface area contributed by atoms with Gasteiger partial charge in [0.15, 0.2) is 0 Å². The van der Waals surface area contributed by atoms with Crippen LogP contribution in [-0.4, -0.2) is 55.1 Å². The fourth-order valence-electron chi connectivity index (χ4n) is 4.16. The van der Waals surface area contributed by atoms with Gasteiger partial charge >= 0.3 is 0 Å². The highest BCUT2D eigenvalue weighted by molar-refractivity contribution is 7.89. The molecule has 3 aromatic rings. The zero-order valence-electron chi connectivity index (χ0n) is 22.8. The Morgan fingerprint density at radius 2 is 1.59 bits per heavy atom. The number of hydrogen-bond acceptors (Lipinski definition) is 4. The molecule has 0 bridgehead atoms. The molecule has 3 aromatic carbocycles. The number of nitrogens with one attached hydrogen (secondary N) is 1. The maximum absolute atomic E-state index is 13.9. The van der Waals surface area contributed by atoms with Crippen molar-refractivity contribution in [1.82, 2.24) is 14.5 Å². The summed E-state index contributed by atoms with van der Waals surface area (Å²) in [6, 6.07) is 22.1. The molecule has 0 saturated heterocycles. The number of hydrogen-bond donors (Lipinski definition) is 1. The molecule has 0 aliphatic rings. The molecular weight excluding hydrogens is 534 g/mol. The van der Waals surface area contributed by atoms with Gasteiger partial charge in [-0.2, -0.15) is 4.31 Å². The summed E-state index contributed by atoms with van der Waals surface area (Å²) in [7, 11) is -2.61. The largest absolute Gasteiger partial charge is 0.352 e. The van der Waals surface area contributed by atoms with E-state index in [1.165, 1.54) is 36.2 Å². The first-order valence-corrected chi connectivity index (χ1v) is 14.7. The van der Waals surface area contributed by atoms with Gasteiger partial charge in [-0.3, -0.25) is 9.59 Å². The molecular formula is C30H36ClN3O4S. The Balaban J connectivity index is 1.98. The van der Waals surface area contributed by atoms with Crippen molar-refractivity contribution in [3.63, 3.8) is 0 Å². The Labute approximate surface area is 236 Å². The fourth-order valence-corrected chi connectivity index (χ4v) is 5.40. The summed E-state index contributed by atoms with van der Waals surface area (Å²) in [5.74, 6) is -0.755. The van der Waals surface area contributed by atoms with Crippen LogP contribution in [0.15, 0.2) is 83.8 Å². The van der Waals surface area contributed by atoms with Gasteiger partial charge in [0.1, 0.15) is 6.04 Å². The van der Waals surface area contributed by atoms with Gasteiger partial charge in [0.05, 0.1) is 11.4 Å². The molecule has 39 heavy (non-hydrogen) atoms. The van der Waals surface area contributed by atoms with Crippen molar-refractivity contribution in [2.75, 3.05) is 13.6 Å². The van der Waals surface area contributed by atoms with Gasteiger partial charge < -0.3 is 10.2 Å². The highest BCUT2D eigenvalue weighted by Gasteiger charge is 2.33. The van der Waals surface area contributed by atoms with Crippen molar-refractivity contribution >= 4 is 33.4 Å². The topological polar surface area (TPSA) is 86.8 Å². The number of likely N-dealkylation sites (N-methyl/N-ethyl adjacent to an activating group) is 1. The lowest BCUT2D eigenvalue weighted by atomic mass is 10.0. The smallest absolute Gasteiger partial charge is 0.243 e. The van der Waals surface area contributed by atoms with Crippen LogP contribution in [0.3, 0.4) is 0 Å². The van der Waals surface area contributed by atoms with Crippen LogP contribution >= 0.6 is 11.6 Å². The molecule has 2 atom stereocenters. The Bertz CT molecular complexity index is 1360. The Hall–Kier alpha value is -3.20. The summed E-state index contributed by atoms with van der Waals surface area (Å²) < 4.78 is 27.4. The summed E-state index contributed by atoms with van der Waals surface area (Å²) in [6.07, 6.45) is 1.02.